The van der Waals surface area contributed by atoms with Crippen LogP contribution in [-0.2, 0) is 11.2 Å². The third kappa shape index (κ3) is 3.81. The average molecular weight is 371 g/mol. The highest BCUT2D eigenvalue weighted by Crippen LogP contribution is 2.24. The molecular formula is C16H13N5O6. The van der Waals surface area contributed by atoms with Crippen LogP contribution in [0.2, 0.25) is 0 Å². The van der Waals surface area contributed by atoms with Crippen LogP contribution in [0.4, 0.5) is 17.3 Å². The van der Waals surface area contributed by atoms with E-state index in [0.717, 1.165) is 17.0 Å². The normalized spacial score (nSPS) is 11.9. The van der Waals surface area contributed by atoms with Crippen LogP contribution in [0.3, 0.4) is 0 Å². The van der Waals surface area contributed by atoms with E-state index in [4.69, 9.17) is 0 Å². The Kier molecular flexibility index (Phi) is 4.66. The van der Waals surface area contributed by atoms with E-state index < -0.39 is 33.4 Å². The van der Waals surface area contributed by atoms with Gasteiger partial charge < -0.3 is 25.5 Å². The Balaban J connectivity index is 1.92. The zero-order valence-electron chi connectivity index (χ0n) is 13.7. The minimum Gasteiger partial charge on any atom is -0.480 e. The van der Waals surface area contributed by atoms with Crippen molar-refractivity contribution in [3.8, 4) is 0 Å². The lowest BCUT2D eigenvalue weighted by molar-refractivity contribution is -0.397. The summed E-state index contributed by atoms with van der Waals surface area (Å²) in [5, 5.41) is 34.7. The van der Waals surface area contributed by atoms with Gasteiger partial charge in [-0.2, -0.15) is 0 Å². The zero-order chi connectivity index (χ0) is 19.6. The van der Waals surface area contributed by atoms with E-state index in [0.29, 0.717) is 11.6 Å². The van der Waals surface area contributed by atoms with Crippen LogP contribution in [0.1, 0.15) is 5.56 Å². The Morgan fingerprint density at radius 3 is 2.63 bits per heavy atom. The number of nitro groups is 2. The number of nitrogens with one attached hydrogen (secondary N) is 2. The second kappa shape index (κ2) is 7.07. The van der Waals surface area contributed by atoms with E-state index >= 15 is 0 Å². The van der Waals surface area contributed by atoms with Crippen LogP contribution in [-0.4, -0.2) is 36.9 Å². The number of hydrogen-bond donors (Lipinski definition) is 3. The number of aromatic nitrogens is 2. The summed E-state index contributed by atoms with van der Waals surface area (Å²) >= 11 is 0. The van der Waals surface area contributed by atoms with Gasteiger partial charge in [0.2, 0.25) is 5.82 Å². The van der Waals surface area contributed by atoms with Gasteiger partial charge in [0.25, 0.3) is 5.69 Å². The first-order valence-corrected chi connectivity index (χ1v) is 7.70. The van der Waals surface area contributed by atoms with E-state index in [1.165, 1.54) is 0 Å². The molecule has 1 atom stereocenters. The lowest BCUT2D eigenvalue weighted by Gasteiger charge is -2.12. The van der Waals surface area contributed by atoms with Crippen LogP contribution >= 0.6 is 0 Å². The van der Waals surface area contributed by atoms with Crippen molar-refractivity contribution in [3.05, 3.63) is 68.4 Å². The van der Waals surface area contributed by atoms with Crippen LogP contribution in [0.15, 0.2) is 42.6 Å². The molecule has 27 heavy (non-hydrogen) atoms. The molecule has 3 rings (SSSR count). The quantitative estimate of drug-likeness (QED) is 0.421. The predicted molar refractivity (Wildman–Crippen MR) is 94.6 cm³/mol. The maximum atomic E-state index is 11.6. The number of H-pyrrole nitrogens is 1. The number of hydrogen-bond acceptors (Lipinski definition) is 7. The fourth-order valence-electron chi connectivity index (χ4n) is 2.67. The standard InChI is InChI=1S/C16H13N5O6/c22-16(23)13(5-9-8-17-12-4-2-1-3-11(9)12)18-14-6-10(20(24)25)7-15(19-14)21(26)27/h1-4,6-8,13,17H,5H2,(H,18,19)(H,22,23)/t13-/m1/s1. The molecule has 11 heteroatoms. The van der Waals surface area contributed by atoms with Gasteiger partial charge >= 0.3 is 11.8 Å². The minimum absolute atomic E-state index is 0.0392. The number of para-hydroxylation sites is 1. The molecule has 2 heterocycles. The number of aromatic amines is 1. The van der Waals surface area contributed by atoms with E-state index in [2.05, 4.69) is 15.3 Å². The van der Waals surface area contributed by atoms with Crippen LogP contribution in [0.25, 0.3) is 10.9 Å². The molecule has 0 saturated carbocycles. The smallest absolute Gasteiger partial charge is 0.372 e. The topological polar surface area (TPSA) is 164 Å². The lowest BCUT2D eigenvalue weighted by atomic mass is 10.0. The van der Waals surface area contributed by atoms with Gasteiger partial charge in [-0.15, -0.1) is 0 Å². The lowest BCUT2D eigenvalue weighted by Crippen LogP contribution is -2.31. The van der Waals surface area contributed by atoms with Gasteiger partial charge in [-0.25, -0.2) is 4.79 Å². The molecule has 2 aromatic heterocycles. The third-order valence-electron chi connectivity index (χ3n) is 3.91. The molecule has 0 bridgehead atoms. The number of carboxylic acids is 1. The molecule has 0 saturated heterocycles. The summed E-state index contributed by atoms with van der Waals surface area (Å²) in [6, 6.07) is 7.79. The summed E-state index contributed by atoms with van der Waals surface area (Å²) in [6.45, 7) is 0. The maximum Gasteiger partial charge on any atom is 0.372 e. The number of rotatable bonds is 7. The first-order chi connectivity index (χ1) is 12.8. The Morgan fingerprint density at radius 2 is 1.96 bits per heavy atom. The van der Waals surface area contributed by atoms with Crippen LogP contribution in [0.5, 0.6) is 0 Å². The monoisotopic (exact) mass is 371 g/mol. The molecule has 3 aromatic rings. The molecule has 0 aliphatic rings. The molecule has 0 spiro atoms. The molecule has 0 unspecified atom stereocenters. The maximum absolute atomic E-state index is 11.6. The minimum atomic E-state index is -1.23. The van der Waals surface area contributed by atoms with E-state index in [1.54, 1.807) is 6.20 Å². The van der Waals surface area contributed by atoms with Gasteiger partial charge in [-0.1, -0.05) is 18.2 Å². The van der Waals surface area contributed by atoms with Gasteiger partial charge in [0.15, 0.2) is 0 Å². The van der Waals surface area contributed by atoms with Crippen molar-refractivity contribution in [2.75, 3.05) is 5.32 Å². The van der Waals surface area contributed by atoms with Crippen molar-refractivity contribution in [2.45, 2.75) is 12.5 Å². The van der Waals surface area contributed by atoms with Gasteiger partial charge in [0, 0.05) is 23.5 Å². The number of aliphatic carboxylic acids is 1. The molecular weight excluding hydrogens is 358 g/mol. The second-order valence-corrected chi connectivity index (χ2v) is 5.68. The zero-order valence-corrected chi connectivity index (χ0v) is 13.7. The molecule has 0 fully saturated rings. The Morgan fingerprint density at radius 1 is 1.22 bits per heavy atom. The van der Waals surface area contributed by atoms with Crippen molar-refractivity contribution in [3.63, 3.8) is 0 Å². The molecule has 0 radical (unpaired) electrons. The summed E-state index contributed by atoms with van der Waals surface area (Å²) in [6.07, 6.45) is 1.71. The number of pyridine rings is 1. The summed E-state index contributed by atoms with van der Waals surface area (Å²) in [5.74, 6) is -2.23. The largest absolute Gasteiger partial charge is 0.480 e. The van der Waals surface area contributed by atoms with Gasteiger partial charge in [-0.3, -0.25) is 10.1 Å². The predicted octanol–water partition coefficient (Wildman–Crippen LogP) is 2.49. The molecule has 1 aromatic carbocycles. The first-order valence-electron chi connectivity index (χ1n) is 7.70. The number of benzene rings is 1. The third-order valence-corrected chi connectivity index (χ3v) is 3.91. The van der Waals surface area contributed by atoms with Gasteiger partial charge in [0.1, 0.15) is 12.1 Å². The molecule has 11 nitrogen and oxygen atoms in total. The van der Waals surface area contributed by atoms with Crippen LogP contribution < -0.4 is 5.32 Å². The van der Waals surface area contributed by atoms with E-state index in [1.807, 2.05) is 24.3 Å². The Labute approximate surface area is 151 Å². The van der Waals surface area contributed by atoms with Gasteiger partial charge in [-0.05, 0) is 21.5 Å². The van der Waals surface area contributed by atoms with Crippen molar-refractivity contribution < 1.29 is 19.7 Å². The summed E-state index contributed by atoms with van der Waals surface area (Å²) in [4.78, 5) is 38.5. The summed E-state index contributed by atoms with van der Waals surface area (Å²) in [7, 11) is 0. The van der Waals surface area contributed by atoms with Crippen molar-refractivity contribution in [1.29, 1.82) is 0 Å². The number of carboxylic acid groups (broad SMARTS) is 1. The number of nitrogens with zero attached hydrogens (tertiary/aromatic N) is 3. The highest BCUT2D eigenvalue weighted by molar-refractivity contribution is 5.85. The fourth-order valence-corrected chi connectivity index (χ4v) is 2.67. The molecule has 138 valence electrons. The molecule has 0 aliphatic heterocycles. The Hall–Kier alpha value is -4.02. The SMILES string of the molecule is O=C(O)[C@@H](Cc1c[nH]c2ccccc12)Nc1cc([N+](=O)[O-])cc([N+](=O)[O-])n1. The first kappa shape index (κ1) is 17.8. The van der Waals surface area contributed by atoms with Crippen molar-refractivity contribution in [2.24, 2.45) is 0 Å². The van der Waals surface area contributed by atoms with Gasteiger partial charge in [0.05, 0.1) is 11.0 Å². The summed E-state index contributed by atoms with van der Waals surface area (Å²) < 4.78 is 0. The fraction of sp³-hybridized carbons (Fsp3) is 0.125. The average Bonchev–Trinajstić information content (AvgIpc) is 3.04. The van der Waals surface area contributed by atoms with E-state index in [-0.39, 0.29) is 12.2 Å². The molecule has 3 N–H and O–H groups in total. The molecule has 0 amide bonds. The molecule has 0 aliphatic carbocycles. The number of anilines is 1. The highest BCUT2D eigenvalue weighted by Gasteiger charge is 2.25. The highest BCUT2D eigenvalue weighted by atomic mass is 16.6. The number of fused-ring (bicyclic) bond motifs is 1. The summed E-state index contributed by atoms with van der Waals surface area (Å²) in [5.41, 5.74) is 0.988. The Bertz CT molecular complexity index is 1010. The van der Waals surface area contributed by atoms with Crippen molar-refractivity contribution >= 4 is 34.2 Å². The van der Waals surface area contributed by atoms with Crippen LogP contribution in [0, 0.1) is 20.2 Å². The second-order valence-electron chi connectivity index (χ2n) is 5.68. The van der Waals surface area contributed by atoms with E-state index in [9.17, 15) is 30.1 Å². The van der Waals surface area contributed by atoms with Crippen molar-refractivity contribution in [1.82, 2.24) is 9.97 Å². The number of carbonyl (C=O) groups is 1.